The molecule has 7 nitrogen and oxygen atoms in total. The number of aromatic nitrogens is 2. The average molecular weight is 339 g/mol. The maximum absolute atomic E-state index is 12.5. The summed E-state index contributed by atoms with van der Waals surface area (Å²) in [4.78, 5) is 23.8. The van der Waals surface area contributed by atoms with Gasteiger partial charge < -0.3 is 5.32 Å². The van der Waals surface area contributed by atoms with Crippen molar-refractivity contribution in [1.82, 2.24) is 15.6 Å². The van der Waals surface area contributed by atoms with Gasteiger partial charge in [0.15, 0.2) is 5.82 Å². The molecule has 1 aliphatic heterocycles. The van der Waals surface area contributed by atoms with Crippen LogP contribution < -0.4 is 15.8 Å². The van der Waals surface area contributed by atoms with Gasteiger partial charge in [0.1, 0.15) is 0 Å². The van der Waals surface area contributed by atoms with Crippen molar-refractivity contribution in [3.05, 3.63) is 41.6 Å². The van der Waals surface area contributed by atoms with Crippen molar-refractivity contribution < 1.29 is 9.59 Å². The summed E-state index contributed by atoms with van der Waals surface area (Å²) in [5.74, 6) is 0.810. The second kappa shape index (κ2) is 6.23. The third-order valence-electron chi connectivity index (χ3n) is 4.79. The smallest absolute Gasteiger partial charge is 0.240 e. The molecule has 7 heteroatoms. The van der Waals surface area contributed by atoms with Gasteiger partial charge in [0.25, 0.3) is 0 Å². The van der Waals surface area contributed by atoms with Crippen LogP contribution in [-0.4, -0.2) is 28.6 Å². The highest BCUT2D eigenvalue weighted by Gasteiger charge is 2.26. The lowest BCUT2D eigenvalue weighted by Crippen LogP contribution is -2.32. The molecule has 1 aromatic heterocycles. The van der Waals surface area contributed by atoms with Crippen LogP contribution in [0.25, 0.3) is 0 Å². The third kappa shape index (κ3) is 3.35. The molecule has 1 aromatic carbocycles. The van der Waals surface area contributed by atoms with Crippen LogP contribution in [0.3, 0.4) is 0 Å². The third-order valence-corrected chi connectivity index (χ3v) is 4.79. The molecule has 0 spiro atoms. The fourth-order valence-electron chi connectivity index (χ4n) is 3.00. The van der Waals surface area contributed by atoms with E-state index in [4.69, 9.17) is 0 Å². The molecule has 2 amide bonds. The van der Waals surface area contributed by atoms with E-state index in [-0.39, 0.29) is 17.7 Å². The number of hydrogen-bond donors (Lipinski definition) is 3. The van der Waals surface area contributed by atoms with Crippen LogP contribution in [0.2, 0.25) is 0 Å². The first-order valence-electron chi connectivity index (χ1n) is 8.63. The van der Waals surface area contributed by atoms with E-state index in [0.717, 1.165) is 16.9 Å². The van der Waals surface area contributed by atoms with Crippen LogP contribution in [0.5, 0.6) is 0 Å². The molecule has 2 aliphatic rings. The highest BCUT2D eigenvalue weighted by molar-refractivity contribution is 5.95. The molecule has 0 radical (unpaired) electrons. The lowest BCUT2D eigenvalue weighted by Gasteiger charge is -2.18. The van der Waals surface area contributed by atoms with Gasteiger partial charge in [-0.25, -0.2) is 0 Å². The Morgan fingerprint density at radius 3 is 2.72 bits per heavy atom. The largest absolute Gasteiger partial charge is 0.309 e. The van der Waals surface area contributed by atoms with Crippen molar-refractivity contribution in [2.75, 3.05) is 16.9 Å². The van der Waals surface area contributed by atoms with Crippen molar-refractivity contribution in [3.8, 4) is 0 Å². The van der Waals surface area contributed by atoms with E-state index in [9.17, 15) is 9.59 Å². The Bertz CT molecular complexity index is 794. The highest BCUT2D eigenvalue weighted by atomic mass is 16.2. The normalized spacial score (nSPS) is 18.1. The number of amides is 2. The number of anilines is 2. The number of nitrogens with zero attached hydrogens (tertiary/aromatic N) is 2. The highest BCUT2D eigenvalue weighted by Crippen LogP contribution is 2.39. The van der Waals surface area contributed by atoms with Crippen molar-refractivity contribution >= 4 is 23.3 Å². The number of nitrogens with one attached hydrogen (secondary N) is 3. The number of hydrazine groups is 1. The predicted molar refractivity (Wildman–Crippen MR) is 94.2 cm³/mol. The van der Waals surface area contributed by atoms with Crippen molar-refractivity contribution in [1.29, 1.82) is 0 Å². The van der Waals surface area contributed by atoms with Crippen LogP contribution >= 0.6 is 0 Å². The number of carbonyl (C=O) groups excluding carboxylic acids is 2. The number of benzene rings is 1. The zero-order chi connectivity index (χ0) is 17.4. The first-order chi connectivity index (χ1) is 12.1. The zero-order valence-electron chi connectivity index (χ0n) is 14.1. The van der Waals surface area contributed by atoms with Gasteiger partial charge in [0.2, 0.25) is 11.8 Å². The molecule has 1 aliphatic carbocycles. The van der Waals surface area contributed by atoms with Crippen molar-refractivity contribution in [2.45, 2.75) is 38.0 Å². The molecule has 1 atom stereocenters. The van der Waals surface area contributed by atoms with E-state index in [1.165, 1.54) is 12.8 Å². The molecule has 1 unspecified atom stereocenters. The molecule has 2 aromatic rings. The molecule has 2 heterocycles. The second-order valence-electron chi connectivity index (χ2n) is 6.72. The Kier molecular flexibility index (Phi) is 3.91. The molecular formula is C18H21N5O2. The summed E-state index contributed by atoms with van der Waals surface area (Å²) in [7, 11) is 0. The van der Waals surface area contributed by atoms with E-state index < -0.39 is 0 Å². The quantitative estimate of drug-likeness (QED) is 0.779. The minimum Gasteiger partial charge on any atom is -0.309 e. The summed E-state index contributed by atoms with van der Waals surface area (Å²) in [6.45, 7) is 2.53. The van der Waals surface area contributed by atoms with Gasteiger partial charge in [0, 0.05) is 30.6 Å². The minimum atomic E-state index is -0.289. The predicted octanol–water partition coefficient (Wildman–Crippen LogP) is 2.27. The van der Waals surface area contributed by atoms with Gasteiger partial charge >= 0.3 is 0 Å². The fraction of sp³-hybridized carbons (Fsp3) is 0.389. The lowest BCUT2D eigenvalue weighted by molar-refractivity contribution is -0.119. The molecule has 1 saturated carbocycles. The second-order valence-corrected chi connectivity index (χ2v) is 6.72. The van der Waals surface area contributed by atoms with E-state index >= 15 is 0 Å². The maximum Gasteiger partial charge on any atom is 0.240 e. The summed E-state index contributed by atoms with van der Waals surface area (Å²) < 4.78 is 0. The van der Waals surface area contributed by atoms with Gasteiger partial charge in [-0.3, -0.25) is 25.1 Å². The molecule has 0 bridgehead atoms. The summed E-state index contributed by atoms with van der Waals surface area (Å²) in [5.41, 5.74) is 5.73. The van der Waals surface area contributed by atoms with E-state index in [1.54, 1.807) is 0 Å². The van der Waals surface area contributed by atoms with Crippen LogP contribution in [0.1, 0.15) is 49.3 Å². The Morgan fingerprint density at radius 2 is 2.08 bits per heavy atom. The molecule has 1 saturated heterocycles. The van der Waals surface area contributed by atoms with Gasteiger partial charge in [-0.15, -0.1) is 0 Å². The number of H-pyrrole nitrogens is 1. The van der Waals surface area contributed by atoms with E-state index in [2.05, 4.69) is 20.9 Å². The van der Waals surface area contributed by atoms with Crippen molar-refractivity contribution in [3.63, 3.8) is 0 Å². The van der Waals surface area contributed by atoms with Gasteiger partial charge in [-0.1, -0.05) is 12.1 Å². The average Bonchev–Trinajstić information content (AvgIpc) is 3.22. The van der Waals surface area contributed by atoms with Gasteiger partial charge in [0.05, 0.1) is 11.6 Å². The standard InChI is InChI=1S/C18H21N5O2/c1-11(18(25)19-16-10-15(20-21-16)13-2-3-13)12-4-6-14(7-5-12)23-9-8-17(24)22-23/h4-7,10-11,13H,2-3,8-9H2,1H3,(H,22,24)(H2,19,20,21,25). The summed E-state index contributed by atoms with van der Waals surface area (Å²) in [6, 6.07) is 9.60. The van der Waals surface area contributed by atoms with Gasteiger partial charge in [-0.05, 0) is 37.5 Å². The number of hydrogen-bond acceptors (Lipinski definition) is 4. The molecule has 4 rings (SSSR count). The lowest BCUT2D eigenvalue weighted by atomic mass is 10.00. The molecular weight excluding hydrogens is 318 g/mol. The number of rotatable bonds is 5. The summed E-state index contributed by atoms with van der Waals surface area (Å²) in [5, 5.41) is 11.8. The molecule has 3 N–H and O–H groups in total. The van der Waals surface area contributed by atoms with Crippen LogP contribution in [0, 0.1) is 0 Å². The Balaban J connectivity index is 1.39. The maximum atomic E-state index is 12.5. The van der Waals surface area contributed by atoms with Crippen LogP contribution in [0.4, 0.5) is 11.5 Å². The van der Waals surface area contributed by atoms with Gasteiger partial charge in [-0.2, -0.15) is 5.10 Å². The monoisotopic (exact) mass is 339 g/mol. The Hall–Kier alpha value is -2.83. The summed E-state index contributed by atoms with van der Waals surface area (Å²) >= 11 is 0. The minimum absolute atomic E-state index is 0.0291. The van der Waals surface area contributed by atoms with Crippen molar-refractivity contribution in [2.24, 2.45) is 0 Å². The first kappa shape index (κ1) is 15.7. The topological polar surface area (TPSA) is 90.1 Å². The number of aromatic amines is 1. The van der Waals surface area contributed by atoms with E-state index in [0.29, 0.717) is 24.7 Å². The molecule has 2 fully saturated rings. The summed E-state index contributed by atoms with van der Waals surface area (Å²) in [6.07, 6.45) is 2.89. The van der Waals surface area contributed by atoms with Crippen LogP contribution in [0.15, 0.2) is 30.3 Å². The molecule has 130 valence electrons. The fourth-order valence-corrected chi connectivity index (χ4v) is 3.00. The first-order valence-corrected chi connectivity index (χ1v) is 8.63. The molecule has 25 heavy (non-hydrogen) atoms. The number of carbonyl (C=O) groups is 2. The van der Waals surface area contributed by atoms with E-state index in [1.807, 2.05) is 42.3 Å². The zero-order valence-corrected chi connectivity index (χ0v) is 14.1. The SMILES string of the molecule is CC(C(=O)Nc1cc(C2CC2)[nH]n1)c1ccc(N2CCC(=O)N2)cc1. The Labute approximate surface area is 145 Å². The van der Waals surface area contributed by atoms with Crippen LogP contribution in [-0.2, 0) is 9.59 Å². The Morgan fingerprint density at radius 1 is 1.32 bits per heavy atom.